The molecule has 3 N–H and O–H groups in total. The van der Waals surface area contributed by atoms with Crippen LogP contribution in [0.3, 0.4) is 0 Å². The average molecular weight is 450 g/mol. The van der Waals surface area contributed by atoms with Gasteiger partial charge in [0.1, 0.15) is 24.7 Å². The van der Waals surface area contributed by atoms with Crippen LogP contribution in [0.25, 0.3) is 0 Å². The Balaban J connectivity index is 1.77. The number of primary amides is 1. The molecule has 1 saturated heterocycles. The van der Waals surface area contributed by atoms with Crippen LogP contribution in [0.15, 0.2) is 30.5 Å². The third-order valence-corrected chi connectivity index (χ3v) is 5.06. The van der Waals surface area contributed by atoms with Crippen molar-refractivity contribution < 1.29 is 27.5 Å². The zero-order valence-corrected chi connectivity index (χ0v) is 16.9. The number of hydrogen-bond donors (Lipinski definition) is 2. The number of nitrogens with one attached hydrogen (secondary N) is 1. The maximum absolute atomic E-state index is 13.1. The number of nitriles is 1. The van der Waals surface area contributed by atoms with E-state index >= 15 is 0 Å². The average Bonchev–Trinajstić information content (AvgIpc) is 3.22. The molecule has 0 bridgehead atoms. The van der Waals surface area contributed by atoms with Crippen molar-refractivity contribution >= 4 is 23.5 Å². The van der Waals surface area contributed by atoms with Gasteiger partial charge in [0.2, 0.25) is 0 Å². The van der Waals surface area contributed by atoms with Gasteiger partial charge in [-0.1, -0.05) is 0 Å². The van der Waals surface area contributed by atoms with Gasteiger partial charge in [-0.3, -0.25) is 9.48 Å². The Morgan fingerprint density at radius 1 is 1.31 bits per heavy atom. The van der Waals surface area contributed by atoms with E-state index in [9.17, 15) is 28.0 Å². The molecule has 2 amide bonds. The fourth-order valence-electron chi connectivity index (χ4n) is 3.37. The van der Waals surface area contributed by atoms with E-state index in [-0.39, 0.29) is 30.9 Å². The van der Waals surface area contributed by atoms with Crippen LogP contribution in [0.1, 0.15) is 22.8 Å². The molecule has 0 unspecified atom stereocenters. The van der Waals surface area contributed by atoms with Crippen molar-refractivity contribution in [2.24, 2.45) is 11.7 Å². The van der Waals surface area contributed by atoms with Gasteiger partial charge in [0.05, 0.1) is 18.0 Å². The normalized spacial score (nSPS) is 18.3. The highest BCUT2D eigenvalue weighted by atomic mass is 19.1. The highest BCUT2D eigenvalue weighted by molar-refractivity contribution is 5.98. The molecule has 0 radical (unpaired) electrons. The Kier molecular flexibility index (Phi) is 7.19. The number of hydrogen-bond acceptors (Lipinski definition) is 6. The Hall–Kier alpha value is -3.75. The Morgan fingerprint density at radius 2 is 2.00 bits per heavy atom. The quantitative estimate of drug-likeness (QED) is 0.668. The largest absolute Gasteiger partial charge is 0.441 e. The van der Waals surface area contributed by atoms with Gasteiger partial charge >= 0.3 is 6.09 Å². The minimum atomic E-state index is -1.48. The number of benzene rings is 1. The number of halogens is 3. The van der Waals surface area contributed by atoms with Crippen molar-refractivity contribution in [3.63, 3.8) is 0 Å². The number of alkyl halides is 2. The third-order valence-electron chi connectivity index (χ3n) is 5.06. The summed E-state index contributed by atoms with van der Waals surface area (Å²) >= 11 is 0. The van der Waals surface area contributed by atoms with Crippen LogP contribution in [-0.2, 0) is 4.74 Å². The summed E-state index contributed by atoms with van der Waals surface area (Å²) in [6.07, 6.45) is -0.704. The fraction of sp³-hybridized carbons (Fsp3) is 0.400. The Bertz CT molecular complexity index is 1000. The first kappa shape index (κ1) is 22.9. The number of piperidine rings is 1. The summed E-state index contributed by atoms with van der Waals surface area (Å²) in [5.74, 6) is -1.78. The first-order valence-electron chi connectivity index (χ1n) is 9.74. The van der Waals surface area contributed by atoms with Crippen molar-refractivity contribution in [3.8, 4) is 6.07 Å². The summed E-state index contributed by atoms with van der Waals surface area (Å²) in [5.41, 5.74) is 6.00. The van der Waals surface area contributed by atoms with Gasteiger partial charge in [0, 0.05) is 25.0 Å². The molecule has 2 aromatic rings. The molecule has 3 rings (SSSR count). The zero-order chi connectivity index (χ0) is 23.3. The van der Waals surface area contributed by atoms with Gasteiger partial charge in [-0.15, -0.1) is 0 Å². The van der Waals surface area contributed by atoms with Crippen molar-refractivity contribution in [1.29, 1.82) is 5.26 Å². The molecule has 1 fully saturated rings. The van der Waals surface area contributed by atoms with Crippen LogP contribution < -0.4 is 11.1 Å². The van der Waals surface area contributed by atoms with Crippen LogP contribution in [0.2, 0.25) is 0 Å². The minimum Gasteiger partial charge on any atom is -0.441 e. The number of amides is 2. The molecule has 170 valence electrons. The number of carbonyl (C=O) groups excluding carboxylic acids is 2. The molecule has 0 spiro atoms. The van der Waals surface area contributed by atoms with E-state index in [0.717, 1.165) is 0 Å². The van der Waals surface area contributed by atoms with E-state index in [2.05, 4.69) is 16.5 Å². The molecule has 0 aliphatic carbocycles. The number of nitrogens with two attached hydrogens (primary N) is 1. The molecule has 0 saturated carbocycles. The molecule has 1 aliphatic heterocycles. The van der Waals surface area contributed by atoms with Crippen LogP contribution >= 0.6 is 0 Å². The second-order valence-electron chi connectivity index (χ2n) is 7.22. The van der Waals surface area contributed by atoms with Crippen molar-refractivity contribution in [2.45, 2.75) is 18.6 Å². The minimum absolute atomic E-state index is 0.0439. The second kappa shape index (κ2) is 10.0. The third kappa shape index (κ3) is 5.11. The Morgan fingerprint density at radius 3 is 2.59 bits per heavy atom. The van der Waals surface area contributed by atoms with Crippen LogP contribution in [0.4, 0.5) is 29.5 Å². The molecule has 2 atom stereocenters. The number of likely N-dealkylation sites (tertiary alicyclic amines) is 1. The molecule has 32 heavy (non-hydrogen) atoms. The number of carbonyl (C=O) groups is 2. The summed E-state index contributed by atoms with van der Waals surface area (Å²) in [4.78, 5) is 25.2. The van der Waals surface area contributed by atoms with E-state index in [1.165, 1.54) is 40.0 Å². The molecular weight excluding hydrogens is 429 g/mol. The highest BCUT2D eigenvalue weighted by Gasteiger charge is 2.35. The first-order chi connectivity index (χ1) is 15.4. The molecule has 1 aromatic carbocycles. The maximum Gasteiger partial charge on any atom is 0.410 e. The molecule has 2 heterocycles. The van der Waals surface area contributed by atoms with Gasteiger partial charge in [-0.05, 0) is 30.7 Å². The van der Waals surface area contributed by atoms with E-state index in [0.29, 0.717) is 5.69 Å². The molecule has 9 nitrogen and oxygen atoms in total. The van der Waals surface area contributed by atoms with E-state index in [1.54, 1.807) is 0 Å². The predicted octanol–water partition coefficient (Wildman–Crippen LogP) is 2.70. The lowest BCUT2D eigenvalue weighted by Gasteiger charge is -2.35. The van der Waals surface area contributed by atoms with Gasteiger partial charge in [0.15, 0.2) is 11.9 Å². The van der Waals surface area contributed by atoms with Crippen molar-refractivity contribution in [3.05, 3.63) is 41.8 Å². The number of nitrogens with zero attached hydrogens (tertiary/aromatic N) is 4. The smallest absolute Gasteiger partial charge is 0.410 e. The standard InChI is InChI=1S/C20H21F3N6O3/c21-7-15(8-22)32-20(31)28-6-5-17(12(9-24)10-28)29-11-16(18(25)30)19(27-29)26-14-3-1-13(23)2-4-14/h1-4,11-12,15,17H,5-8,10H2,(H2,25,30)(H,26,27)/t12-,17+/m0/s1. The van der Waals surface area contributed by atoms with Crippen LogP contribution in [-0.4, -0.2) is 59.2 Å². The summed E-state index contributed by atoms with van der Waals surface area (Å²) in [6.45, 7) is -2.18. The number of aromatic nitrogens is 2. The fourth-order valence-corrected chi connectivity index (χ4v) is 3.37. The molecule has 1 aromatic heterocycles. The van der Waals surface area contributed by atoms with E-state index in [4.69, 9.17) is 10.5 Å². The molecular formula is C20H21F3N6O3. The summed E-state index contributed by atoms with van der Waals surface area (Å²) in [6, 6.07) is 7.00. The van der Waals surface area contributed by atoms with Crippen LogP contribution in [0, 0.1) is 23.1 Å². The second-order valence-corrected chi connectivity index (χ2v) is 7.22. The van der Waals surface area contributed by atoms with Gasteiger partial charge in [-0.25, -0.2) is 18.0 Å². The van der Waals surface area contributed by atoms with Crippen molar-refractivity contribution in [2.75, 3.05) is 31.8 Å². The summed E-state index contributed by atoms with van der Waals surface area (Å²) in [7, 11) is 0. The molecule has 12 heteroatoms. The van der Waals surface area contributed by atoms with E-state index in [1.807, 2.05) is 0 Å². The van der Waals surface area contributed by atoms with Gasteiger partial charge in [0.25, 0.3) is 5.91 Å². The lowest BCUT2D eigenvalue weighted by Crippen LogP contribution is -2.45. The molecule has 1 aliphatic rings. The maximum atomic E-state index is 13.1. The lowest BCUT2D eigenvalue weighted by atomic mass is 9.94. The van der Waals surface area contributed by atoms with Crippen LogP contribution in [0.5, 0.6) is 0 Å². The monoisotopic (exact) mass is 450 g/mol. The number of ether oxygens (including phenoxy) is 1. The van der Waals surface area contributed by atoms with Crippen molar-refractivity contribution in [1.82, 2.24) is 14.7 Å². The first-order valence-corrected chi connectivity index (χ1v) is 9.74. The topological polar surface area (TPSA) is 126 Å². The lowest BCUT2D eigenvalue weighted by molar-refractivity contribution is 0.0274. The van der Waals surface area contributed by atoms with E-state index < -0.39 is 49.2 Å². The number of anilines is 2. The summed E-state index contributed by atoms with van der Waals surface area (Å²) in [5, 5.41) is 16.8. The SMILES string of the molecule is N#C[C@H]1CN(C(=O)OC(CF)CF)CC[C@H]1n1cc(C(N)=O)c(Nc2ccc(F)cc2)n1. The number of rotatable bonds is 7. The van der Waals surface area contributed by atoms with Gasteiger partial charge in [-0.2, -0.15) is 10.4 Å². The zero-order valence-electron chi connectivity index (χ0n) is 16.9. The highest BCUT2D eigenvalue weighted by Crippen LogP contribution is 2.30. The Labute approximate surface area is 181 Å². The summed E-state index contributed by atoms with van der Waals surface area (Å²) < 4.78 is 44.6. The predicted molar refractivity (Wildman–Crippen MR) is 107 cm³/mol. The van der Waals surface area contributed by atoms with Gasteiger partial charge < -0.3 is 20.7 Å².